The third-order valence-electron chi connectivity index (χ3n) is 1.62. The van der Waals surface area contributed by atoms with Gasteiger partial charge in [-0.15, -0.1) is 0 Å². The molecule has 6 heteroatoms. The minimum Gasteiger partial charge on any atom is -0.330 e. The van der Waals surface area contributed by atoms with E-state index in [0.29, 0.717) is 11.0 Å². The molecule has 4 nitrogen and oxygen atoms in total. The van der Waals surface area contributed by atoms with Crippen molar-refractivity contribution in [2.75, 3.05) is 7.05 Å². The summed E-state index contributed by atoms with van der Waals surface area (Å²) in [4.78, 5) is 4.05. The van der Waals surface area contributed by atoms with E-state index in [1.165, 1.54) is 0 Å². The van der Waals surface area contributed by atoms with Crippen molar-refractivity contribution in [3.63, 3.8) is 0 Å². The fourth-order valence-electron chi connectivity index (χ4n) is 1.03. The number of hydrogen-bond donors (Lipinski definition) is 1. The van der Waals surface area contributed by atoms with Gasteiger partial charge < -0.3 is 5.32 Å². The van der Waals surface area contributed by atoms with Crippen molar-refractivity contribution in [2.24, 2.45) is 10.1 Å². The maximum Gasteiger partial charge on any atom is 0.153 e. The van der Waals surface area contributed by atoms with Crippen LogP contribution in [-0.4, -0.2) is 24.6 Å². The molecular weight excluding hydrogens is 314 g/mol. The number of rotatable bonds is 1. The Morgan fingerprint density at radius 1 is 1.71 bits per heavy atom. The van der Waals surface area contributed by atoms with E-state index >= 15 is 0 Å². The molecule has 14 heavy (non-hydrogen) atoms. The summed E-state index contributed by atoms with van der Waals surface area (Å²) in [7, 11) is 1.68. The largest absolute Gasteiger partial charge is 0.330 e. The first-order valence-corrected chi connectivity index (χ1v) is 5.30. The smallest absolute Gasteiger partial charge is 0.153 e. The number of amidine groups is 1. The standard InChI is InChI=1S/C8H10ClIN4/c1-5(10)8-13-6(9)4-7(11-2)14(8)12-3/h4,13H,3H2,1-2H3/b8-5+,11-7?. The first kappa shape index (κ1) is 11.5. The number of hydrazone groups is 1. The lowest BCUT2D eigenvalue weighted by molar-refractivity contribution is 0.510. The van der Waals surface area contributed by atoms with Crippen LogP contribution in [0.5, 0.6) is 0 Å². The fourth-order valence-corrected chi connectivity index (χ4v) is 1.58. The zero-order chi connectivity index (χ0) is 10.7. The van der Waals surface area contributed by atoms with Gasteiger partial charge in [0.15, 0.2) is 5.84 Å². The quantitative estimate of drug-likeness (QED) is 0.456. The Morgan fingerprint density at radius 2 is 2.36 bits per heavy atom. The highest BCUT2D eigenvalue weighted by atomic mass is 127. The second kappa shape index (κ2) is 4.79. The molecular formula is C8H10ClIN4. The van der Waals surface area contributed by atoms with Crippen molar-refractivity contribution < 1.29 is 0 Å². The van der Waals surface area contributed by atoms with Crippen LogP contribution in [0, 0.1) is 0 Å². The summed E-state index contributed by atoms with van der Waals surface area (Å²) in [6, 6.07) is 0. The minimum absolute atomic E-state index is 0.525. The van der Waals surface area contributed by atoms with E-state index in [1.807, 2.05) is 6.92 Å². The van der Waals surface area contributed by atoms with E-state index in [2.05, 4.69) is 44.7 Å². The van der Waals surface area contributed by atoms with Gasteiger partial charge in [0.25, 0.3) is 0 Å². The Hall–Kier alpha value is -0.560. The van der Waals surface area contributed by atoms with Crippen molar-refractivity contribution in [1.29, 1.82) is 0 Å². The van der Waals surface area contributed by atoms with Crippen LogP contribution in [0.15, 0.2) is 30.7 Å². The molecule has 1 aliphatic rings. The van der Waals surface area contributed by atoms with E-state index in [1.54, 1.807) is 18.1 Å². The lowest BCUT2D eigenvalue weighted by atomic mass is 10.4. The molecule has 1 aliphatic heterocycles. The number of halogens is 2. The predicted octanol–water partition coefficient (Wildman–Crippen LogP) is 2.24. The molecule has 0 aromatic carbocycles. The maximum atomic E-state index is 5.89. The maximum absolute atomic E-state index is 5.89. The zero-order valence-corrected chi connectivity index (χ0v) is 10.8. The highest BCUT2D eigenvalue weighted by Crippen LogP contribution is 2.21. The Balaban J connectivity index is 3.21. The van der Waals surface area contributed by atoms with Crippen LogP contribution in [0.3, 0.4) is 0 Å². The molecule has 1 N–H and O–H groups in total. The molecule has 0 unspecified atom stereocenters. The van der Waals surface area contributed by atoms with E-state index < -0.39 is 0 Å². The molecule has 0 saturated carbocycles. The van der Waals surface area contributed by atoms with Crippen LogP contribution in [0.2, 0.25) is 0 Å². The molecule has 0 spiro atoms. The summed E-state index contributed by atoms with van der Waals surface area (Å²) in [5, 5.41) is 8.98. The Bertz CT molecular complexity index is 341. The molecule has 0 atom stereocenters. The summed E-state index contributed by atoms with van der Waals surface area (Å²) >= 11 is 8.08. The first-order valence-electron chi connectivity index (χ1n) is 3.84. The van der Waals surface area contributed by atoms with Gasteiger partial charge in [-0.1, -0.05) is 11.6 Å². The van der Waals surface area contributed by atoms with Gasteiger partial charge in [0.05, 0.1) is 0 Å². The Labute approximate surface area is 102 Å². The summed E-state index contributed by atoms with van der Waals surface area (Å²) in [6.07, 6.45) is 1.69. The second-order valence-corrected chi connectivity index (χ2v) is 4.56. The van der Waals surface area contributed by atoms with Gasteiger partial charge in [-0.2, -0.15) is 10.1 Å². The van der Waals surface area contributed by atoms with Crippen molar-refractivity contribution in [3.8, 4) is 0 Å². The van der Waals surface area contributed by atoms with Crippen LogP contribution >= 0.6 is 34.2 Å². The zero-order valence-electron chi connectivity index (χ0n) is 7.88. The van der Waals surface area contributed by atoms with Gasteiger partial charge in [-0.05, 0) is 29.5 Å². The van der Waals surface area contributed by atoms with Gasteiger partial charge in [-0.25, -0.2) is 0 Å². The molecule has 0 radical (unpaired) electrons. The average Bonchev–Trinajstić information content (AvgIpc) is 2.16. The molecule has 76 valence electrons. The van der Waals surface area contributed by atoms with Crippen LogP contribution in [0.25, 0.3) is 0 Å². The van der Waals surface area contributed by atoms with Crippen molar-refractivity contribution >= 4 is 46.7 Å². The number of nitrogens with one attached hydrogen (secondary N) is 1. The molecule has 0 bridgehead atoms. The third kappa shape index (κ3) is 2.27. The van der Waals surface area contributed by atoms with Crippen LogP contribution in [0.1, 0.15) is 6.92 Å². The van der Waals surface area contributed by atoms with E-state index in [-0.39, 0.29) is 0 Å². The molecule has 0 saturated heterocycles. The van der Waals surface area contributed by atoms with E-state index in [9.17, 15) is 0 Å². The number of aliphatic imine (C=N–C) groups is 1. The lowest BCUT2D eigenvalue weighted by Crippen LogP contribution is -2.36. The highest BCUT2D eigenvalue weighted by Gasteiger charge is 2.20. The van der Waals surface area contributed by atoms with Crippen molar-refractivity contribution in [1.82, 2.24) is 10.3 Å². The van der Waals surface area contributed by atoms with Gasteiger partial charge in [0.2, 0.25) is 0 Å². The van der Waals surface area contributed by atoms with Gasteiger partial charge in [-0.3, -0.25) is 4.99 Å². The van der Waals surface area contributed by atoms with Crippen molar-refractivity contribution in [3.05, 3.63) is 20.6 Å². The fraction of sp³-hybridized carbons (Fsp3) is 0.250. The summed E-state index contributed by atoms with van der Waals surface area (Å²) < 4.78 is 1.03. The first-order chi connectivity index (χ1) is 6.60. The Kier molecular flexibility index (Phi) is 3.94. The molecule has 0 aromatic heterocycles. The molecule has 1 rings (SSSR count). The topological polar surface area (TPSA) is 40.0 Å². The SMILES string of the molecule is C=NN1C(=NC)C=C(Cl)N/C1=C(/C)I. The summed E-state index contributed by atoms with van der Waals surface area (Å²) in [6.45, 7) is 5.43. The van der Waals surface area contributed by atoms with Gasteiger partial charge >= 0.3 is 0 Å². The number of nitrogens with zero attached hydrogens (tertiary/aromatic N) is 3. The highest BCUT2D eigenvalue weighted by molar-refractivity contribution is 14.1. The summed E-state index contributed by atoms with van der Waals surface area (Å²) in [5.41, 5.74) is 0. The monoisotopic (exact) mass is 324 g/mol. The molecule has 0 aliphatic carbocycles. The number of hydrogen-bond acceptors (Lipinski definition) is 3. The number of allylic oxidation sites excluding steroid dienone is 1. The predicted molar refractivity (Wildman–Crippen MR) is 68.5 cm³/mol. The molecule has 1 heterocycles. The minimum atomic E-state index is 0.525. The van der Waals surface area contributed by atoms with E-state index in [4.69, 9.17) is 11.6 Å². The lowest BCUT2D eigenvalue weighted by Gasteiger charge is -2.27. The van der Waals surface area contributed by atoms with Crippen LogP contribution in [0.4, 0.5) is 0 Å². The second-order valence-electron chi connectivity index (χ2n) is 2.53. The van der Waals surface area contributed by atoms with Gasteiger partial charge in [0.1, 0.15) is 11.0 Å². The van der Waals surface area contributed by atoms with Gasteiger partial charge in [0, 0.05) is 23.4 Å². The summed E-state index contributed by atoms with van der Waals surface area (Å²) in [5.74, 6) is 1.45. The van der Waals surface area contributed by atoms with Crippen LogP contribution in [-0.2, 0) is 0 Å². The van der Waals surface area contributed by atoms with Crippen LogP contribution < -0.4 is 5.32 Å². The normalized spacial score (nSPS) is 23.0. The Morgan fingerprint density at radius 3 is 2.79 bits per heavy atom. The van der Waals surface area contributed by atoms with Crippen molar-refractivity contribution in [2.45, 2.75) is 6.92 Å². The molecule has 0 fully saturated rings. The average molecular weight is 325 g/mol. The van der Waals surface area contributed by atoms with E-state index in [0.717, 1.165) is 9.40 Å². The molecule has 0 amide bonds. The third-order valence-corrected chi connectivity index (χ3v) is 2.33. The molecule has 0 aromatic rings.